The van der Waals surface area contributed by atoms with Gasteiger partial charge >= 0.3 is 7.25 Å². The molecule has 1 aromatic rings. The first-order valence-electron chi connectivity index (χ1n) is 3.03. The van der Waals surface area contributed by atoms with Gasteiger partial charge in [0.05, 0.1) is 0 Å². The molecule has 0 aliphatic rings. The van der Waals surface area contributed by atoms with Crippen molar-refractivity contribution in [2.24, 2.45) is 0 Å². The fourth-order valence-electron chi connectivity index (χ4n) is 0.438. The predicted octanol–water partition coefficient (Wildman–Crippen LogP) is 2.36. The van der Waals surface area contributed by atoms with Gasteiger partial charge in [-0.15, -0.1) is 0 Å². The van der Waals surface area contributed by atoms with Gasteiger partial charge in [-0.05, 0) is 24.8 Å². The summed E-state index contributed by atoms with van der Waals surface area (Å²) in [7, 11) is -6.00. The molecule has 0 aromatic heterocycles. The van der Waals surface area contributed by atoms with Crippen molar-refractivity contribution in [3.8, 4) is 0 Å². The van der Waals surface area contributed by atoms with E-state index in [1.54, 1.807) is 0 Å². The number of hydrogen-bond acceptors (Lipinski definition) is 0. The maximum atomic E-state index is 9.75. The van der Waals surface area contributed by atoms with Gasteiger partial charge in [-0.1, -0.05) is 18.2 Å². The summed E-state index contributed by atoms with van der Waals surface area (Å²) in [5.41, 5.74) is 0. The van der Waals surface area contributed by atoms with E-state index in [2.05, 4.69) is 12.6 Å². The molecular formula is C6H7BF4S. The van der Waals surface area contributed by atoms with Gasteiger partial charge in [0.25, 0.3) is 0 Å². The third kappa shape index (κ3) is 12.1. The van der Waals surface area contributed by atoms with Gasteiger partial charge in [0.15, 0.2) is 0 Å². The monoisotopic (exact) mass is 198 g/mol. The molecule has 0 saturated carbocycles. The lowest BCUT2D eigenvalue weighted by Gasteiger charge is -1.94. The van der Waals surface area contributed by atoms with Crippen LogP contribution in [0.5, 0.6) is 0 Å². The molecule has 0 nitrogen and oxygen atoms in total. The molecule has 0 heterocycles. The Hall–Kier alpha value is -0.645. The zero-order valence-corrected chi connectivity index (χ0v) is 6.98. The van der Waals surface area contributed by atoms with E-state index in [1.165, 1.54) is 0 Å². The predicted molar refractivity (Wildman–Crippen MR) is 45.0 cm³/mol. The second-order valence-electron chi connectivity index (χ2n) is 1.86. The summed E-state index contributed by atoms with van der Waals surface area (Å²) >= 11 is 3.36. The molecule has 0 saturated heterocycles. The highest BCUT2D eigenvalue weighted by atomic mass is 32.1. The molecule has 12 heavy (non-hydrogen) atoms. The molecule has 0 atom stereocenters. The Morgan fingerprint density at radius 1 is 0.917 bits per heavy atom. The molecule has 0 unspecified atom stereocenters. The SMILES string of the molecule is F[B-](F)(F)F.[SH2+]c1ccccc1. The number of halogens is 4. The number of rotatable bonds is 0. The maximum absolute atomic E-state index is 9.75. The molecular weight excluding hydrogens is 191 g/mol. The smallest absolute Gasteiger partial charge is 0.418 e. The summed E-state index contributed by atoms with van der Waals surface area (Å²) in [4.78, 5) is 1.13. The average Bonchev–Trinajstić information content (AvgIpc) is 1.85. The Morgan fingerprint density at radius 2 is 1.25 bits per heavy atom. The molecule has 0 fully saturated rings. The molecule has 0 aliphatic carbocycles. The van der Waals surface area contributed by atoms with Crippen molar-refractivity contribution in [1.29, 1.82) is 0 Å². The summed E-state index contributed by atoms with van der Waals surface area (Å²) in [5, 5.41) is 0. The van der Waals surface area contributed by atoms with Crippen molar-refractivity contribution >= 4 is 19.9 Å². The minimum Gasteiger partial charge on any atom is -0.418 e. The second kappa shape index (κ2) is 5.08. The van der Waals surface area contributed by atoms with Gasteiger partial charge in [-0.25, -0.2) is 0 Å². The first-order chi connectivity index (χ1) is 5.39. The van der Waals surface area contributed by atoms with E-state index < -0.39 is 7.25 Å². The van der Waals surface area contributed by atoms with Crippen LogP contribution >= 0.6 is 0 Å². The highest BCUT2D eigenvalue weighted by molar-refractivity contribution is 7.58. The highest BCUT2D eigenvalue weighted by Crippen LogP contribution is 2.06. The van der Waals surface area contributed by atoms with Crippen molar-refractivity contribution in [2.45, 2.75) is 4.90 Å². The van der Waals surface area contributed by atoms with E-state index in [0.29, 0.717) is 0 Å². The molecule has 6 heteroatoms. The van der Waals surface area contributed by atoms with Crippen molar-refractivity contribution in [2.75, 3.05) is 0 Å². The van der Waals surface area contributed by atoms with Gasteiger partial charge in [0.1, 0.15) is 4.90 Å². The number of benzene rings is 1. The molecule has 0 amide bonds. The van der Waals surface area contributed by atoms with Gasteiger partial charge in [-0.2, -0.15) is 0 Å². The summed E-state index contributed by atoms with van der Waals surface area (Å²) in [6.45, 7) is 0. The van der Waals surface area contributed by atoms with E-state index in [0.717, 1.165) is 4.90 Å². The van der Waals surface area contributed by atoms with E-state index in [4.69, 9.17) is 0 Å². The minimum atomic E-state index is -6.00. The summed E-state index contributed by atoms with van der Waals surface area (Å²) < 4.78 is 39.0. The van der Waals surface area contributed by atoms with Crippen LogP contribution in [-0.2, 0) is 12.6 Å². The first-order valence-corrected chi connectivity index (χ1v) is 3.53. The van der Waals surface area contributed by atoms with Crippen molar-refractivity contribution < 1.29 is 17.3 Å². The molecule has 0 aliphatic heterocycles. The zero-order chi connectivity index (χ0) is 9.61. The Balaban J connectivity index is 0.000000217. The minimum absolute atomic E-state index is 1.13. The van der Waals surface area contributed by atoms with Crippen LogP contribution in [0.25, 0.3) is 0 Å². The van der Waals surface area contributed by atoms with Crippen LogP contribution in [0.15, 0.2) is 35.2 Å². The average molecular weight is 198 g/mol. The quantitative estimate of drug-likeness (QED) is 0.341. The molecule has 0 radical (unpaired) electrons. The molecule has 0 bridgehead atoms. The Labute approximate surface area is 73.1 Å². The van der Waals surface area contributed by atoms with Crippen molar-refractivity contribution in [1.82, 2.24) is 0 Å². The maximum Gasteiger partial charge on any atom is 0.673 e. The van der Waals surface area contributed by atoms with E-state index in [1.807, 2.05) is 30.3 Å². The molecule has 0 N–H and O–H groups in total. The number of hydrogen-bond donors (Lipinski definition) is 0. The van der Waals surface area contributed by atoms with Crippen LogP contribution in [0.2, 0.25) is 0 Å². The van der Waals surface area contributed by atoms with Crippen LogP contribution in [0.1, 0.15) is 0 Å². The van der Waals surface area contributed by atoms with Gasteiger partial charge in [0.2, 0.25) is 0 Å². The lowest BCUT2D eigenvalue weighted by molar-refractivity contribution is 0.368. The highest BCUT2D eigenvalue weighted by Gasteiger charge is 2.20. The van der Waals surface area contributed by atoms with Crippen LogP contribution in [0, 0.1) is 0 Å². The Kier molecular flexibility index (Phi) is 4.81. The topological polar surface area (TPSA) is 0 Å². The standard InChI is InChI=1S/C6H6S.BF4/c7-6-4-2-1-3-5-6;2-1(3,4)5/h1-5,7H;/q;-1/p+1. The molecule has 1 aromatic carbocycles. The van der Waals surface area contributed by atoms with E-state index in [-0.39, 0.29) is 0 Å². The lowest BCUT2D eigenvalue weighted by Crippen LogP contribution is -2.02. The second-order valence-corrected chi connectivity index (χ2v) is 2.44. The van der Waals surface area contributed by atoms with Crippen LogP contribution in [0.3, 0.4) is 0 Å². The normalized spacial score (nSPS) is 10.1. The Morgan fingerprint density at radius 3 is 1.42 bits per heavy atom. The van der Waals surface area contributed by atoms with Crippen molar-refractivity contribution in [3.05, 3.63) is 30.3 Å². The Bertz CT molecular complexity index is 205. The van der Waals surface area contributed by atoms with E-state index in [9.17, 15) is 17.3 Å². The third-order valence-electron chi connectivity index (χ3n) is 0.774. The fraction of sp³-hybridized carbons (Fsp3) is 0. The molecule has 0 spiro atoms. The fourth-order valence-corrected chi connectivity index (χ4v) is 0.631. The zero-order valence-electron chi connectivity index (χ0n) is 5.98. The largest absolute Gasteiger partial charge is 0.673 e. The van der Waals surface area contributed by atoms with Crippen LogP contribution < -0.4 is 0 Å². The van der Waals surface area contributed by atoms with Gasteiger partial charge < -0.3 is 17.3 Å². The lowest BCUT2D eigenvalue weighted by atomic mass is 10.3. The molecule has 68 valence electrons. The van der Waals surface area contributed by atoms with Gasteiger partial charge in [-0.3, -0.25) is 0 Å². The van der Waals surface area contributed by atoms with E-state index >= 15 is 0 Å². The third-order valence-corrected chi connectivity index (χ3v) is 1.11. The summed E-state index contributed by atoms with van der Waals surface area (Å²) in [6, 6.07) is 9.96. The van der Waals surface area contributed by atoms with Crippen LogP contribution in [0.4, 0.5) is 17.3 Å². The summed E-state index contributed by atoms with van der Waals surface area (Å²) in [6.07, 6.45) is 0. The van der Waals surface area contributed by atoms with Crippen LogP contribution in [-0.4, -0.2) is 7.25 Å². The van der Waals surface area contributed by atoms with Gasteiger partial charge in [0, 0.05) is 0 Å². The molecule has 1 rings (SSSR count). The summed E-state index contributed by atoms with van der Waals surface area (Å²) in [5.74, 6) is 0. The first kappa shape index (κ1) is 11.4. The van der Waals surface area contributed by atoms with Crippen molar-refractivity contribution in [3.63, 3.8) is 0 Å².